The number of carboxylic acid groups (broad SMARTS) is 1. The third kappa shape index (κ3) is 7.79. The van der Waals surface area contributed by atoms with E-state index in [2.05, 4.69) is 36.3 Å². The van der Waals surface area contributed by atoms with Crippen LogP contribution in [-0.4, -0.2) is 73.2 Å². The number of nitrogens with zero attached hydrogens (tertiary/aromatic N) is 2. The van der Waals surface area contributed by atoms with Crippen LogP contribution in [0.5, 0.6) is 0 Å². The van der Waals surface area contributed by atoms with Gasteiger partial charge < -0.3 is 14.9 Å². The lowest BCUT2D eigenvalue weighted by Gasteiger charge is -2.27. The zero-order chi connectivity index (χ0) is 15.9. The van der Waals surface area contributed by atoms with Crippen LogP contribution < -0.4 is 5.32 Å². The number of hydrogen-bond acceptors (Lipinski definition) is 4. The standard InChI is InChI=1S/C16H33N3O2/c1-16(15(20)21,17-14-8-9-14)10-5-6-12-19(4)13-7-11-18(2)3/h14,17H,5-13H2,1-4H3,(H,20,21). The summed E-state index contributed by atoms with van der Waals surface area (Å²) in [5.74, 6) is -0.714. The quantitative estimate of drug-likeness (QED) is 0.537. The van der Waals surface area contributed by atoms with Crippen molar-refractivity contribution in [1.29, 1.82) is 0 Å². The van der Waals surface area contributed by atoms with Crippen LogP contribution in [0.15, 0.2) is 0 Å². The van der Waals surface area contributed by atoms with E-state index in [1.54, 1.807) is 0 Å². The zero-order valence-electron chi connectivity index (χ0n) is 14.2. The summed E-state index contributed by atoms with van der Waals surface area (Å²) >= 11 is 0. The number of hydrogen-bond donors (Lipinski definition) is 2. The molecule has 124 valence electrons. The highest BCUT2D eigenvalue weighted by molar-refractivity contribution is 5.78. The van der Waals surface area contributed by atoms with E-state index in [1.165, 1.54) is 6.42 Å². The molecule has 0 radical (unpaired) electrons. The van der Waals surface area contributed by atoms with Gasteiger partial charge in [-0.1, -0.05) is 0 Å². The third-order valence-corrected chi connectivity index (χ3v) is 4.18. The van der Waals surface area contributed by atoms with Gasteiger partial charge in [0.2, 0.25) is 0 Å². The molecule has 1 unspecified atom stereocenters. The number of unbranched alkanes of at least 4 members (excludes halogenated alkanes) is 1. The molecule has 2 N–H and O–H groups in total. The summed E-state index contributed by atoms with van der Waals surface area (Å²) < 4.78 is 0. The predicted octanol–water partition coefficient (Wildman–Crippen LogP) is 1.64. The van der Waals surface area contributed by atoms with Gasteiger partial charge in [0.1, 0.15) is 5.54 Å². The van der Waals surface area contributed by atoms with E-state index in [9.17, 15) is 9.90 Å². The minimum absolute atomic E-state index is 0.430. The van der Waals surface area contributed by atoms with Crippen molar-refractivity contribution in [2.45, 2.75) is 57.0 Å². The molecule has 5 heteroatoms. The van der Waals surface area contributed by atoms with Gasteiger partial charge in [-0.2, -0.15) is 0 Å². The summed E-state index contributed by atoms with van der Waals surface area (Å²) in [5, 5.41) is 12.7. The first kappa shape index (κ1) is 18.4. The Balaban J connectivity index is 2.14. The summed E-state index contributed by atoms with van der Waals surface area (Å²) in [6.07, 6.45) is 6.16. The van der Waals surface area contributed by atoms with Crippen LogP contribution in [0.4, 0.5) is 0 Å². The lowest BCUT2D eigenvalue weighted by atomic mass is 9.94. The molecule has 0 aliphatic heterocycles. The van der Waals surface area contributed by atoms with E-state index in [1.807, 2.05) is 6.92 Å². The number of carbonyl (C=O) groups is 1. The van der Waals surface area contributed by atoms with Gasteiger partial charge >= 0.3 is 5.97 Å². The van der Waals surface area contributed by atoms with E-state index in [4.69, 9.17) is 0 Å². The molecular weight excluding hydrogens is 266 g/mol. The maximum absolute atomic E-state index is 11.4. The fraction of sp³-hybridized carbons (Fsp3) is 0.938. The summed E-state index contributed by atoms with van der Waals surface area (Å²) in [4.78, 5) is 16.0. The van der Waals surface area contributed by atoms with Crippen molar-refractivity contribution < 1.29 is 9.90 Å². The minimum atomic E-state index is -0.745. The van der Waals surface area contributed by atoms with Gasteiger partial charge in [0.15, 0.2) is 0 Å². The molecule has 1 saturated carbocycles. The Bertz CT molecular complexity index is 319. The van der Waals surface area contributed by atoms with Crippen LogP contribution >= 0.6 is 0 Å². The van der Waals surface area contributed by atoms with Crippen LogP contribution in [0.25, 0.3) is 0 Å². The van der Waals surface area contributed by atoms with E-state index in [0.29, 0.717) is 12.5 Å². The van der Waals surface area contributed by atoms with Gasteiger partial charge in [0.05, 0.1) is 0 Å². The van der Waals surface area contributed by atoms with Crippen molar-refractivity contribution in [2.24, 2.45) is 0 Å². The molecule has 0 saturated heterocycles. The molecule has 1 rings (SSSR count). The number of aliphatic carboxylic acids is 1. The largest absolute Gasteiger partial charge is 0.480 e. The first-order valence-electron chi connectivity index (χ1n) is 8.18. The molecule has 0 heterocycles. The van der Waals surface area contributed by atoms with Gasteiger partial charge in [0.25, 0.3) is 0 Å². The maximum atomic E-state index is 11.4. The molecule has 1 fully saturated rings. The molecule has 0 spiro atoms. The second kappa shape index (κ2) is 8.71. The molecule has 0 bridgehead atoms. The van der Waals surface area contributed by atoms with E-state index >= 15 is 0 Å². The molecule has 1 aliphatic rings. The lowest BCUT2D eigenvalue weighted by molar-refractivity contribution is -0.144. The smallest absolute Gasteiger partial charge is 0.323 e. The highest BCUT2D eigenvalue weighted by Crippen LogP contribution is 2.25. The average Bonchev–Trinajstić information content (AvgIpc) is 3.18. The van der Waals surface area contributed by atoms with Gasteiger partial charge in [-0.25, -0.2) is 0 Å². The molecule has 1 aliphatic carbocycles. The van der Waals surface area contributed by atoms with Crippen molar-refractivity contribution in [3.8, 4) is 0 Å². The van der Waals surface area contributed by atoms with Crippen molar-refractivity contribution in [3.63, 3.8) is 0 Å². The molecular formula is C16H33N3O2. The Morgan fingerprint density at radius 3 is 2.29 bits per heavy atom. The highest BCUT2D eigenvalue weighted by atomic mass is 16.4. The molecule has 0 aromatic carbocycles. The predicted molar refractivity (Wildman–Crippen MR) is 86.7 cm³/mol. The van der Waals surface area contributed by atoms with Gasteiger partial charge in [-0.3, -0.25) is 10.1 Å². The summed E-state index contributed by atoms with van der Waals surface area (Å²) in [7, 11) is 6.34. The number of rotatable bonds is 12. The van der Waals surface area contributed by atoms with Crippen molar-refractivity contribution in [1.82, 2.24) is 15.1 Å². The van der Waals surface area contributed by atoms with Crippen LogP contribution in [0.3, 0.4) is 0 Å². The Morgan fingerprint density at radius 1 is 1.14 bits per heavy atom. The van der Waals surface area contributed by atoms with Crippen molar-refractivity contribution in [3.05, 3.63) is 0 Å². The van der Waals surface area contributed by atoms with Crippen LogP contribution in [0, 0.1) is 0 Å². The Morgan fingerprint density at radius 2 is 1.76 bits per heavy atom. The SMILES string of the molecule is CN(C)CCCN(C)CCCCC(C)(NC1CC1)C(=O)O. The van der Waals surface area contributed by atoms with Crippen molar-refractivity contribution in [2.75, 3.05) is 40.8 Å². The van der Waals surface area contributed by atoms with E-state index < -0.39 is 11.5 Å². The molecule has 1 atom stereocenters. The monoisotopic (exact) mass is 299 g/mol. The Kier molecular flexibility index (Phi) is 7.63. The van der Waals surface area contributed by atoms with Gasteiger partial charge in [-0.05, 0) is 86.2 Å². The Hall–Kier alpha value is -0.650. The molecule has 0 aromatic rings. The second-order valence-electron chi connectivity index (χ2n) is 6.97. The summed E-state index contributed by atoms with van der Waals surface area (Å²) in [6.45, 7) is 5.10. The van der Waals surface area contributed by atoms with Crippen LogP contribution in [-0.2, 0) is 4.79 Å². The number of nitrogens with one attached hydrogen (secondary N) is 1. The lowest BCUT2D eigenvalue weighted by Crippen LogP contribution is -2.50. The summed E-state index contributed by atoms with van der Waals surface area (Å²) in [6, 6.07) is 0.430. The number of carboxylic acids is 1. The molecule has 0 aromatic heterocycles. The van der Waals surface area contributed by atoms with E-state index in [-0.39, 0.29) is 0 Å². The van der Waals surface area contributed by atoms with Gasteiger partial charge in [-0.15, -0.1) is 0 Å². The van der Waals surface area contributed by atoms with Gasteiger partial charge in [0, 0.05) is 6.04 Å². The normalized spacial score (nSPS) is 18.2. The fourth-order valence-electron chi connectivity index (χ4n) is 2.55. The molecule has 0 amide bonds. The average molecular weight is 299 g/mol. The van der Waals surface area contributed by atoms with Crippen LogP contribution in [0.1, 0.15) is 45.4 Å². The first-order valence-corrected chi connectivity index (χ1v) is 8.18. The first-order chi connectivity index (χ1) is 9.83. The maximum Gasteiger partial charge on any atom is 0.323 e. The topological polar surface area (TPSA) is 55.8 Å². The van der Waals surface area contributed by atoms with E-state index in [0.717, 1.165) is 45.3 Å². The highest BCUT2D eigenvalue weighted by Gasteiger charge is 2.37. The minimum Gasteiger partial charge on any atom is -0.480 e. The van der Waals surface area contributed by atoms with Crippen LogP contribution in [0.2, 0.25) is 0 Å². The Labute approximate surface area is 129 Å². The third-order valence-electron chi connectivity index (χ3n) is 4.18. The molecule has 21 heavy (non-hydrogen) atoms. The second-order valence-corrected chi connectivity index (χ2v) is 6.97. The van der Waals surface area contributed by atoms with Crippen molar-refractivity contribution >= 4 is 5.97 Å². The fourth-order valence-corrected chi connectivity index (χ4v) is 2.55. The zero-order valence-corrected chi connectivity index (χ0v) is 14.2. The summed E-state index contributed by atoms with van der Waals surface area (Å²) in [5.41, 5.74) is -0.745. The molecule has 5 nitrogen and oxygen atoms in total.